The third-order valence-electron chi connectivity index (χ3n) is 3.70. The second kappa shape index (κ2) is 5.07. The number of amides is 1. The molecule has 7 nitrogen and oxygen atoms in total. The zero-order valence-electron chi connectivity index (χ0n) is 11.7. The van der Waals surface area contributed by atoms with Crippen LogP contribution in [0.2, 0.25) is 0 Å². The molecule has 2 aromatic rings. The van der Waals surface area contributed by atoms with Gasteiger partial charge in [-0.15, -0.1) is 5.10 Å². The van der Waals surface area contributed by atoms with Crippen LogP contribution in [0.1, 0.15) is 47.8 Å². The lowest BCUT2D eigenvalue weighted by atomic mass is 9.88. The van der Waals surface area contributed by atoms with Gasteiger partial charge in [0.05, 0.1) is 0 Å². The topological polar surface area (TPSA) is 99.3 Å². The van der Waals surface area contributed by atoms with Crippen molar-refractivity contribution in [1.29, 1.82) is 0 Å². The molecule has 0 saturated heterocycles. The molecule has 20 heavy (non-hydrogen) atoms. The highest BCUT2D eigenvalue weighted by atomic mass is 16.2. The maximum absolute atomic E-state index is 12.3. The van der Waals surface area contributed by atoms with E-state index in [1.165, 1.54) is 0 Å². The van der Waals surface area contributed by atoms with E-state index >= 15 is 0 Å². The molecule has 1 aliphatic carbocycles. The predicted molar refractivity (Wildman–Crippen MR) is 73.5 cm³/mol. The fourth-order valence-corrected chi connectivity index (χ4v) is 2.53. The molecule has 106 valence electrons. The van der Waals surface area contributed by atoms with Gasteiger partial charge in [0.1, 0.15) is 5.82 Å². The number of anilines is 1. The highest BCUT2D eigenvalue weighted by Crippen LogP contribution is 2.26. The van der Waals surface area contributed by atoms with Crippen molar-refractivity contribution in [3.63, 3.8) is 0 Å². The molecule has 0 aromatic carbocycles. The van der Waals surface area contributed by atoms with Gasteiger partial charge in [-0.25, -0.2) is 0 Å². The lowest BCUT2D eigenvalue weighted by Crippen LogP contribution is -2.18. The molecule has 0 aliphatic heterocycles. The van der Waals surface area contributed by atoms with Crippen LogP contribution in [0.5, 0.6) is 0 Å². The average molecular weight is 274 g/mol. The van der Waals surface area contributed by atoms with Gasteiger partial charge in [-0.1, -0.05) is 13.8 Å². The number of H-pyrrole nitrogens is 2. The summed E-state index contributed by atoms with van der Waals surface area (Å²) in [6.45, 7) is 4.16. The van der Waals surface area contributed by atoms with Gasteiger partial charge in [-0.3, -0.25) is 20.3 Å². The van der Waals surface area contributed by atoms with Crippen molar-refractivity contribution in [2.24, 2.45) is 5.92 Å². The molecule has 0 spiro atoms. The van der Waals surface area contributed by atoms with Gasteiger partial charge in [0, 0.05) is 17.7 Å². The zero-order chi connectivity index (χ0) is 14.1. The third kappa shape index (κ3) is 2.31. The van der Waals surface area contributed by atoms with Gasteiger partial charge in [0.2, 0.25) is 5.95 Å². The van der Waals surface area contributed by atoms with E-state index in [-0.39, 0.29) is 5.91 Å². The van der Waals surface area contributed by atoms with Crippen LogP contribution in [0.15, 0.2) is 0 Å². The average Bonchev–Trinajstić information content (AvgIpc) is 3.04. The number of aromatic nitrogens is 5. The van der Waals surface area contributed by atoms with Crippen molar-refractivity contribution >= 4 is 11.9 Å². The van der Waals surface area contributed by atoms with Crippen molar-refractivity contribution in [1.82, 2.24) is 25.4 Å². The van der Waals surface area contributed by atoms with Crippen LogP contribution >= 0.6 is 0 Å². The number of aromatic amines is 2. The van der Waals surface area contributed by atoms with E-state index in [4.69, 9.17) is 0 Å². The molecule has 2 aromatic heterocycles. The number of hydrogen-bond donors (Lipinski definition) is 3. The number of nitrogens with zero attached hydrogens (tertiary/aromatic N) is 3. The fraction of sp³-hybridized carbons (Fsp3) is 0.538. The van der Waals surface area contributed by atoms with Gasteiger partial charge in [0.15, 0.2) is 5.69 Å². The highest BCUT2D eigenvalue weighted by Gasteiger charge is 2.25. The number of fused-ring (bicyclic) bond motifs is 1. The quantitative estimate of drug-likeness (QED) is 0.789. The minimum atomic E-state index is -0.252. The van der Waals surface area contributed by atoms with E-state index in [1.807, 2.05) is 6.92 Å². The summed E-state index contributed by atoms with van der Waals surface area (Å²) in [7, 11) is 0. The molecular formula is C13H18N6O. The van der Waals surface area contributed by atoms with Crippen LogP contribution < -0.4 is 5.32 Å². The Bertz CT molecular complexity index is 629. The molecule has 0 bridgehead atoms. The minimum absolute atomic E-state index is 0.252. The van der Waals surface area contributed by atoms with Crippen LogP contribution in [-0.4, -0.2) is 31.3 Å². The van der Waals surface area contributed by atoms with E-state index in [0.29, 0.717) is 17.6 Å². The summed E-state index contributed by atoms with van der Waals surface area (Å²) >= 11 is 0. The SMILES string of the molecule is CCc1nc(NC(=O)c2n[nH]c3c2CC(C)CC3)n[nH]1. The van der Waals surface area contributed by atoms with Crippen LogP contribution in [0, 0.1) is 5.92 Å². The molecule has 2 heterocycles. The maximum Gasteiger partial charge on any atom is 0.278 e. The Kier molecular flexibility index (Phi) is 3.25. The van der Waals surface area contributed by atoms with Crippen LogP contribution in [0.4, 0.5) is 5.95 Å². The van der Waals surface area contributed by atoms with Crippen molar-refractivity contribution in [2.75, 3.05) is 5.32 Å². The summed E-state index contributed by atoms with van der Waals surface area (Å²) in [6, 6.07) is 0. The summed E-state index contributed by atoms with van der Waals surface area (Å²) in [5.41, 5.74) is 2.58. The number of carbonyl (C=O) groups excluding carboxylic acids is 1. The number of carbonyl (C=O) groups is 1. The fourth-order valence-electron chi connectivity index (χ4n) is 2.53. The zero-order valence-corrected chi connectivity index (χ0v) is 11.7. The summed E-state index contributed by atoms with van der Waals surface area (Å²) in [5.74, 6) is 1.38. The summed E-state index contributed by atoms with van der Waals surface area (Å²) in [5, 5.41) is 16.5. The first kappa shape index (κ1) is 12.8. The molecule has 0 radical (unpaired) electrons. The van der Waals surface area contributed by atoms with Crippen molar-refractivity contribution in [2.45, 2.75) is 39.5 Å². The molecule has 1 amide bonds. The molecule has 0 saturated carbocycles. The predicted octanol–water partition coefficient (Wildman–Crippen LogP) is 1.47. The van der Waals surface area contributed by atoms with Crippen molar-refractivity contribution in [3.05, 3.63) is 22.8 Å². The lowest BCUT2D eigenvalue weighted by Gasteiger charge is -2.17. The van der Waals surface area contributed by atoms with E-state index in [9.17, 15) is 4.79 Å². The minimum Gasteiger partial charge on any atom is -0.288 e. The van der Waals surface area contributed by atoms with E-state index in [1.54, 1.807) is 0 Å². The Hall–Kier alpha value is -2.18. The molecule has 1 aliphatic rings. The molecular weight excluding hydrogens is 256 g/mol. The standard InChI is InChI=1S/C13H18N6O/c1-3-10-14-13(19-17-10)15-12(20)11-8-6-7(2)4-5-9(8)16-18-11/h7H,3-6H2,1-2H3,(H,16,18)(H2,14,15,17,19,20). The van der Waals surface area contributed by atoms with Crippen LogP contribution in [-0.2, 0) is 19.3 Å². The molecule has 3 rings (SSSR count). The summed E-state index contributed by atoms with van der Waals surface area (Å²) in [6.07, 6.45) is 3.73. The number of aryl methyl sites for hydroxylation is 2. The number of hydrogen-bond acceptors (Lipinski definition) is 4. The number of nitrogens with one attached hydrogen (secondary N) is 3. The van der Waals surface area contributed by atoms with E-state index in [0.717, 1.165) is 42.8 Å². The van der Waals surface area contributed by atoms with Gasteiger partial charge in [-0.05, 0) is 25.2 Å². The maximum atomic E-state index is 12.3. The van der Waals surface area contributed by atoms with Crippen molar-refractivity contribution < 1.29 is 4.79 Å². The van der Waals surface area contributed by atoms with Crippen LogP contribution in [0.3, 0.4) is 0 Å². The van der Waals surface area contributed by atoms with Gasteiger partial charge >= 0.3 is 0 Å². The third-order valence-corrected chi connectivity index (χ3v) is 3.70. The first-order valence-corrected chi connectivity index (χ1v) is 6.96. The van der Waals surface area contributed by atoms with Gasteiger partial charge in [0.25, 0.3) is 5.91 Å². The Morgan fingerprint density at radius 1 is 1.40 bits per heavy atom. The Labute approximate surface area is 116 Å². The van der Waals surface area contributed by atoms with E-state index in [2.05, 4.69) is 37.6 Å². The van der Waals surface area contributed by atoms with Gasteiger partial charge in [-0.2, -0.15) is 10.1 Å². The van der Waals surface area contributed by atoms with Crippen molar-refractivity contribution in [3.8, 4) is 0 Å². The molecule has 7 heteroatoms. The second-order valence-corrected chi connectivity index (χ2v) is 5.29. The largest absolute Gasteiger partial charge is 0.288 e. The van der Waals surface area contributed by atoms with Gasteiger partial charge < -0.3 is 0 Å². The highest BCUT2D eigenvalue weighted by molar-refractivity contribution is 6.03. The first-order valence-electron chi connectivity index (χ1n) is 6.96. The normalized spacial score (nSPS) is 17.8. The molecule has 1 unspecified atom stereocenters. The monoisotopic (exact) mass is 274 g/mol. The lowest BCUT2D eigenvalue weighted by molar-refractivity contribution is 0.102. The molecule has 0 fully saturated rings. The Balaban J connectivity index is 1.79. The first-order chi connectivity index (χ1) is 9.67. The Morgan fingerprint density at radius 2 is 2.25 bits per heavy atom. The summed E-state index contributed by atoms with van der Waals surface area (Å²) < 4.78 is 0. The number of rotatable bonds is 3. The Morgan fingerprint density at radius 3 is 3.00 bits per heavy atom. The molecule has 3 N–H and O–H groups in total. The second-order valence-electron chi connectivity index (χ2n) is 5.29. The summed E-state index contributed by atoms with van der Waals surface area (Å²) in [4.78, 5) is 16.4. The molecule has 1 atom stereocenters. The smallest absolute Gasteiger partial charge is 0.278 e. The van der Waals surface area contributed by atoms with E-state index < -0.39 is 0 Å². The van der Waals surface area contributed by atoms with Crippen LogP contribution in [0.25, 0.3) is 0 Å².